The van der Waals surface area contributed by atoms with Gasteiger partial charge < -0.3 is 4.74 Å². The summed E-state index contributed by atoms with van der Waals surface area (Å²) in [5.74, 6) is -0.213. The van der Waals surface area contributed by atoms with Crippen LogP contribution < -0.4 is 4.74 Å². The number of alkyl halides is 3. The quantitative estimate of drug-likeness (QED) is 0.701. The molecule has 4 heteroatoms. The molecule has 0 aromatic heterocycles. The van der Waals surface area contributed by atoms with Gasteiger partial charge >= 0.3 is 6.36 Å². The van der Waals surface area contributed by atoms with E-state index in [1.807, 2.05) is 0 Å². The minimum absolute atomic E-state index is 0.213. The van der Waals surface area contributed by atoms with Crippen molar-refractivity contribution in [3.8, 4) is 5.75 Å². The highest BCUT2D eigenvalue weighted by Crippen LogP contribution is 2.25. The summed E-state index contributed by atoms with van der Waals surface area (Å²) in [7, 11) is 0. The van der Waals surface area contributed by atoms with Crippen molar-refractivity contribution >= 4 is 10.8 Å². The maximum Gasteiger partial charge on any atom is 0.573 e. The molecule has 0 atom stereocenters. The summed E-state index contributed by atoms with van der Waals surface area (Å²) in [5, 5.41) is 1.42. The predicted molar refractivity (Wildman–Crippen MR) is 49.5 cm³/mol. The lowest BCUT2D eigenvalue weighted by Gasteiger charge is -2.09. The van der Waals surface area contributed by atoms with E-state index in [4.69, 9.17) is 0 Å². The van der Waals surface area contributed by atoms with Crippen LogP contribution in [0.15, 0.2) is 36.4 Å². The summed E-state index contributed by atoms with van der Waals surface area (Å²) in [6.07, 6.45) is -4.65. The van der Waals surface area contributed by atoms with Gasteiger partial charge in [-0.1, -0.05) is 24.3 Å². The van der Waals surface area contributed by atoms with Gasteiger partial charge in [0.05, 0.1) is 0 Å². The Morgan fingerprint density at radius 2 is 1.93 bits per heavy atom. The van der Waals surface area contributed by atoms with Gasteiger partial charge in [0.2, 0.25) is 0 Å². The van der Waals surface area contributed by atoms with Crippen molar-refractivity contribution in [2.45, 2.75) is 6.36 Å². The van der Waals surface area contributed by atoms with Crippen LogP contribution in [0.4, 0.5) is 13.2 Å². The normalized spacial score (nSPS) is 11.7. The molecule has 0 aliphatic rings. The number of hydrogen-bond donors (Lipinski definition) is 0. The van der Waals surface area contributed by atoms with Crippen molar-refractivity contribution in [3.63, 3.8) is 0 Å². The molecule has 0 amide bonds. The molecule has 0 saturated carbocycles. The number of benzene rings is 2. The Balaban J connectivity index is 2.39. The maximum atomic E-state index is 11.9. The Morgan fingerprint density at radius 1 is 1.13 bits per heavy atom. The average Bonchev–Trinajstić information content (AvgIpc) is 2.15. The van der Waals surface area contributed by atoms with Crippen LogP contribution in [0.5, 0.6) is 5.75 Å². The second-order valence-electron chi connectivity index (χ2n) is 2.97. The molecule has 2 aromatic rings. The fourth-order valence-electron chi connectivity index (χ4n) is 1.30. The van der Waals surface area contributed by atoms with Gasteiger partial charge in [-0.05, 0) is 29.0 Å². The van der Waals surface area contributed by atoms with E-state index >= 15 is 0 Å². The summed E-state index contributed by atoms with van der Waals surface area (Å²) in [6, 6.07) is 12.2. The molecule has 0 aliphatic heterocycles. The molecule has 0 unspecified atom stereocenters. The molecule has 15 heavy (non-hydrogen) atoms. The van der Waals surface area contributed by atoms with Gasteiger partial charge in [0.25, 0.3) is 0 Å². The molecule has 0 fully saturated rings. The molecular weight excluding hydrogens is 205 g/mol. The first-order valence-electron chi connectivity index (χ1n) is 4.21. The number of fused-ring (bicyclic) bond motifs is 1. The molecule has 0 N–H and O–H groups in total. The van der Waals surface area contributed by atoms with Crippen molar-refractivity contribution in [2.24, 2.45) is 0 Å². The van der Waals surface area contributed by atoms with Gasteiger partial charge in [0.15, 0.2) is 0 Å². The lowest BCUT2D eigenvalue weighted by Crippen LogP contribution is -2.16. The van der Waals surface area contributed by atoms with Crippen molar-refractivity contribution in [2.75, 3.05) is 0 Å². The lowest BCUT2D eigenvalue weighted by molar-refractivity contribution is -0.274. The van der Waals surface area contributed by atoms with Crippen LogP contribution >= 0.6 is 0 Å². The minimum atomic E-state index is -4.65. The van der Waals surface area contributed by atoms with E-state index in [0.29, 0.717) is 5.39 Å². The van der Waals surface area contributed by atoms with Gasteiger partial charge in [-0.2, -0.15) is 0 Å². The van der Waals surface area contributed by atoms with E-state index in [9.17, 15) is 13.2 Å². The van der Waals surface area contributed by atoms with Crippen LogP contribution in [0.2, 0.25) is 0 Å². The van der Waals surface area contributed by atoms with Crippen LogP contribution in [-0.4, -0.2) is 6.36 Å². The summed E-state index contributed by atoms with van der Waals surface area (Å²) >= 11 is 0. The van der Waals surface area contributed by atoms with Gasteiger partial charge in [-0.15, -0.1) is 13.2 Å². The van der Waals surface area contributed by atoms with E-state index in [1.165, 1.54) is 18.2 Å². The minimum Gasteiger partial charge on any atom is -0.406 e. The van der Waals surface area contributed by atoms with E-state index in [0.717, 1.165) is 5.39 Å². The zero-order valence-corrected chi connectivity index (χ0v) is 7.51. The Morgan fingerprint density at radius 3 is 2.67 bits per heavy atom. The summed E-state index contributed by atoms with van der Waals surface area (Å²) in [6.45, 7) is 0. The first kappa shape index (κ1) is 9.83. The third kappa shape index (κ3) is 2.40. The fourth-order valence-corrected chi connectivity index (χ4v) is 1.30. The Bertz CT molecular complexity index is 476. The first-order chi connectivity index (χ1) is 7.04. The number of halogens is 3. The van der Waals surface area contributed by atoms with E-state index in [1.54, 1.807) is 18.2 Å². The van der Waals surface area contributed by atoms with Crippen molar-refractivity contribution in [1.82, 2.24) is 0 Å². The summed E-state index contributed by atoms with van der Waals surface area (Å²) in [4.78, 5) is 0. The summed E-state index contributed by atoms with van der Waals surface area (Å²) in [5.41, 5.74) is 0. The van der Waals surface area contributed by atoms with Crippen LogP contribution in [0, 0.1) is 6.07 Å². The number of ether oxygens (including phenoxy) is 1. The second-order valence-corrected chi connectivity index (χ2v) is 2.97. The van der Waals surface area contributed by atoms with Crippen LogP contribution in [0.25, 0.3) is 10.8 Å². The second kappa shape index (κ2) is 3.46. The topological polar surface area (TPSA) is 9.23 Å². The molecule has 1 nitrogen and oxygen atoms in total. The monoisotopic (exact) mass is 211 g/mol. The molecule has 0 bridgehead atoms. The van der Waals surface area contributed by atoms with E-state index in [2.05, 4.69) is 10.8 Å². The molecule has 0 heterocycles. The Labute approximate surface area is 84.1 Å². The van der Waals surface area contributed by atoms with Crippen LogP contribution in [0.1, 0.15) is 0 Å². The van der Waals surface area contributed by atoms with Crippen molar-refractivity contribution in [1.29, 1.82) is 0 Å². The first-order valence-corrected chi connectivity index (χ1v) is 4.21. The fraction of sp³-hybridized carbons (Fsp3) is 0.0909. The molecule has 2 aromatic carbocycles. The zero-order chi connectivity index (χ0) is 10.9. The highest BCUT2D eigenvalue weighted by Gasteiger charge is 2.30. The van der Waals surface area contributed by atoms with E-state index < -0.39 is 6.36 Å². The van der Waals surface area contributed by atoms with E-state index in [-0.39, 0.29) is 5.75 Å². The molecule has 2 rings (SSSR count). The smallest absolute Gasteiger partial charge is 0.406 e. The van der Waals surface area contributed by atoms with Crippen molar-refractivity contribution in [3.05, 3.63) is 42.5 Å². The SMILES string of the molecule is FC(F)(F)Oc1ccc2[c]cccc2c1. The summed E-state index contributed by atoms with van der Waals surface area (Å²) < 4.78 is 39.5. The van der Waals surface area contributed by atoms with Gasteiger partial charge in [0.1, 0.15) is 5.75 Å². The standard InChI is InChI=1S/C11H6F3O/c12-11(13,14)15-10-6-5-8-3-1-2-4-9(8)7-10/h1-2,4-7H. The molecule has 0 aliphatic carbocycles. The number of rotatable bonds is 1. The third-order valence-corrected chi connectivity index (χ3v) is 1.87. The molecule has 1 radical (unpaired) electrons. The zero-order valence-electron chi connectivity index (χ0n) is 7.51. The Kier molecular flexibility index (Phi) is 2.26. The average molecular weight is 211 g/mol. The van der Waals surface area contributed by atoms with Gasteiger partial charge in [-0.3, -0.25) is 0 Å². The third-order valence-electron chi connectivity index (χ3n) is 1.87. The molecule has 77 valence electrons. The maximum absolute atomic E-state index is 11.9. The van der Waals surface area contributed by atoms with Crippen molar-refractivity contribution < 1.29 is 17.9 Å². The Hall–Kier alpha value is -1.71. The molecule has 0 saturated heterocycles. The van der Waals surface area contributed by atoms with Crippen LogP contribution in [-0.2, 0) is 0 Å². The number of hydrogen-bond acceptors (Lipinski definition) is 1. The highest BCUT2D eigenvalue weighted by atomic mass is 19.4. The molecular formula is C11H6F3O. The largest absolute Gasteiger partial charge is 0.573 e. The molecule has 0 spiro atoms. The van der Waals surface area contributed by atoms with Crippen LogP contribution in [0.3, 0.4) is 0 Å². The predicted octanol–water partition coefficient (Wildman–Crippen LogP) is 3.54. The lowest BCUT2D eigenvalue weighted by atomic mass is 10.1. The van der Waals surface area contributed by atoms with Gasteiger partial charge in [0, 0.05) is 0 Å². The highest BCUT2D eigenvalue weighted by molar-refractivity contribution is 5.83. The van der Waals surface area contributed by atoms with Gasteiger partial charge in [-0.25, -0.2) is 0 Å².